The fraction of sp³-hybridized carbons (Fsp3) is 0.643. The summed E-state index contributed by atoms with van der Waals surface area (Å²) >= 11 is 0. The molecule has 0 aromatic carbocycles. The molecule has 1 saturated heterocycles. The van der Waals surface area contributed by atoms with E-state index >= 15 is 0 Å². The van der Waals surface area contributed by atoms with Crippen LogP contribution in [0.4, 0.5) is 4.39 Å². The highest BCUT2D eigenvalue weighted by atomic mass is 19.1. The standard InChI is InChI=1S/C14H22BFN2O2/c1-13(2)14(3,4)20-15(19-13)12-10(9-18(5)6)7-8-11(16)17-12/h7-8H,9H2,1-6H3. The largest absolute Gasteiger partial charge is 0.514 e. The van der Waals surface area contributed by atoms with Crippen molar-refractivity contribution in [1.82, 2.24) is 9.88 Å². The van der Waals surface area contributed by atoms with Gasteiger partial charge in [0.2, 0.25) is 5.95 Å². The Morgan fingerprint density at radius 2 is 1.70 bits per heavy atom. The fourth-order valence-electron chi connectivity index (χ4n) is 2.11. The first-order valence-corrected chi connectivity index (χ1v) is 6.78. The molecule has 0 bridgehead atoms. The molecule has 20 heavy (non-hydrogen) atoms. The maximum absolute atomic E-state index is 13.5. The van der Waals surface area contributed by atoms with Gasteiger partial charge in [0.25, 0.3) is 0 Å². The first-order valence-electron chi connectivity index (χ1n) is 6.78. The molecule has 6 heteroatoms. The Hall–Kier alpha value is -0.975. The Balaban J connectivity index is 2.36. The van der Waals surface area contributed by atoms with Crippen LogP contribution >= 0.6 is 0 Å². The molecule has 0 N–H and O–H groups in total. The molecule has 2 heterocycles. The van der Waals surface area contributed by atoms with Gasteiger partial charge >= 0.3 is 7.12 Å². The molecule has 0 amide bonds. The predicted octanol–water partition coefficient (Wildman–Crippen LogP) is 1.58. The summed E-state index contributed by atoms with van der Waals surface area (Å²) in [6, 6.07) is 3.11. The van der Waals surface area contributed by atoms with Gasteiger partial charge in [0.15, 0.2) is 0 Å². The third-order valence-corrected chi connectivity index (χ3v) is 3.94. The van der Waals surface area contributed by atoms with Crippen molar-refractivity contribution in [2.45, 2.75) is 45.4 Å². The van der Waals surface area contributed by atoms with E-state index in [1.54, 1.807) is 6.07 Å². The second-order valence-electron chi connectivity index (χ2n) is 6.50. The van der Waals surface area contributed by atoms with Gasteiger partial charge < -0.3 is 14.2 Å². The van der Waals surface area contributed by atoms with Crippen LogP contribution in [0.2, 0.25) is 0 Å². The summed E-state index contributed by atoms with van der Waals surface area (Å²) in [5, 5.41) is 0. The Kier molecular flexibility index (Phi) is 3.93. The van der Waals surface area contributed by atoms with Crippen molar-refractivity contribution >= 4 is 12.7 Å². The second kappa shape index (κ2) is 5.09. The van der Waals surface area contributed by atoms with Crippen molar-refractivity contribution in [2.24, 2.45) is 0 Å². The molecule has 0 radical (unpaired) electrons. The third-order valence-electron chi connectivity index (χ3n) is 3.94. The summed E-state index contributed by atoms with van der Waals surface area (Å²) in [5.41, 5.74) is 0.523. The van der Waals surface area contributed by atoms with E-state index in [0.29, 0.717) is 12.1 Å². The molecule has 1 aromatic rings. The summed E-state index contributed by atoms with van der Waals surface area (Å²) in [7, 11) is 3.28. The second-order valence-corrected chi connectivity index (χ2v) is 6.50. The summed E-state index contributed by atoms with van der Waals surface area (Å²) in [6.45, 7) is 8.54. The van der Waals surface area contributed by atoms with Crippen LogP contribution in [0, 0.1) is 5.95 Å². The molecule has 110 valence electrons. The normalized spacial score (nSPS) is 20.7. The molecule has 1 aliphatic rings. The van der Waals surface area contributed by atoms with Gasteiger partial charge in [-0.1, -0.05) is 6.07 Å². The molecular weight excluding hydrogens is 258 g/mol. The molecular formula is C14H22BFN2O2. The Morgan fingerprint density at radius 3 is 2.20 bits per heavy atom. The number of pyridine rings is 1. The Morgan fingerprint density at radius 1 is 1.15 bits per heavy atom. The zero-order chi connectivity index (χ0) is 15.1. The SMILES string of the molecule is CN(C)Cc1ccc(F)nc1B1OC(C)(C)C(C)(C)O1. The Labute approximate surface area is 120 Å². The number of aromatic nitrogens is 1. The smallest absolute Gasteiger partial charge is 0.398 e. The van der Waals surface area contributed by atoms with Crippen molar-refractivity contribution in [3.63, 3.8) is 0 Å². The average molecular weight is 280 g/mol. The lowest BCUT2D eigenvalue weighted by Gasteiger charge is -2.32. The number of hydrogen-bond donors (Lipinski definition) is 0. The van der Waals surface area contributed by atoms with E-state index in [0.717, 1.165) is 5.56 Å². The van der Waals surface area contributed by atoms with Gasteiger partial charge in [-0.05, 0) is 53.4 Å². The third kappa shape index (κ3) is 2.87. The monoisotopic (exact) mass is 280 g/mol. The highest BCUT2D eigenvalue weighted by Crippen LogP contribution is 2.36. The van der Waals surface area contributed by atoms with E-state index in [1.807, 2.05) is 46.7 Å². The number of rotatable bonds is 3. The quantitative estimate of drug-likeness (QED) is 0.622. The lowest BCUT2D eigenvalue weighted by molar-refractivity contribution is 0.00578. The number of nitrogens with zero attached hydrogens (tertiary/aromatic N) is 2. The van der Waals surface area contributed by atoms with Gasteiger partial charge in [-0.25, -0.2) is 4.98 Å². The predicted molar refractivity (Wildman–Crippen MR) is 77.3 cm³/mol. The molecule has 0 atom stereocenters. The maximum atomic E-state index is 13.5. The van der Waals surface area contributed by atoms with E-state index < -0.39 is 24.3 Å². The molecule has 0 saturated carbocycles. The topological polar surface area (TPSA) is 34.6 Å². The van der Waals surface area contributed by atoms with Crippen LogP contribution in [0.5, 0.6) is 0 Å². The van der Waals surface area contributed by atoms with Crippen molar-refractivity contribution in [1.29, 1.82) is 0 Å². The first-order chi connectivity index (χ1) is 9.12. The maximum Gasteiger partial charge on any atom is 0.514 e. The zero-order valence-electron chi connectivity index (χ0n) is 13.0. The van der Waals surface area contributed by atoms with Crippen LogP contribution in [0.25, 0.3) is 0 Å². The average Bonchev–Trinajstić information content (AvgIpc) is 2.50. The highest BCUT2D eigenvalue weighted by molar-refractivity contribution is 6.61. The van der Waals surface area contributed by atoms with Crippen LogP contribution in [-0.4, -0.2) is 42.3 Å². The summed E-state index contributed by atoms with van der Waals surface area (Å²) in [4.78, 5) is 6.00. The van der Waals surface area contributed by atoms with E-state index in [-0.39, 0.29) is 0 Å². The summed E-state index contributed by atoms with van der Waals surface area (Å²) < 4.78 is 25.4. The summed E-state index contributed by atoms with van der Waals surface area (Å²) in [5.74, 6) is -0.516. The minimum absolute atomic E-state index is 0.457. The molecule has 0 unspecified atom stereocenters. The van der Waals surface area contributed by atoms with Crippen molar-refractivity contribution in [3.05, 3.63) is 23.6 Å². The van der Waals surface area contributed by atoms with Crippen molar-refractivity contribution in [3.8, 4) is 0 Å². The molecule has 4 nitrogen and oxygen atoms in total. The van der Waals surface area contributed by atoms with Gasteiger partial charge in [-0.15, -0.1) is 0 Å². The summed E-state index contributed by atoms with van der Waals surface area (Å²) in [6.07, 6.45) is 0. The van der Waals surface area contributed by atoms with Crippen LogP contribution in [0.3, 0.4) is 0 Å². The van der Waals surface area contributed by atoms with Gasteiger partial charge in [0.1, 0.15) is 0 Å². The Bertz CT molecular complexity index is 490. The van der Waals surface area contributed by atoms with Gasteiger partial charge in [-0.3, -0.25) is 0 Å². The van der Waals surface area contributed by atoms with Crippen LogP contribution in [0.1, 0.15) is 33.3 Å². The number of halogens is 1. The van der Waals surface area contributed by atoms with Crippen LogP contribution < -0.4 is 5.59 Å². The van der Waals surface area contributed by atoms with E-state index in [4.69, 9.17) is 9.31 Å². The van der Waals surface area contributed by atoms with Crippen molar-refractivity contribution < 1.29 is 13.7 Å². The lowest BCUT2D eigenvalue weighted by Crippen LogP contribution is -2.41. The van der Waals surface area contributed by atoms with Gasteiger partial charge in [0, 0.05) is 6.54 Å². The van der Waals surface area contributed by atoms with Gasteiger partial charge in [0.05, 0.1) is 16.8 Å². The lowest BCUT2D eigenvalue weighted by atomic mass is 9.80. The van der Waals surface area contributed by atoms with Crippen LogP contribution in [0.15, 0.2) is 12.1 Å². The number of hydrogen-bond acceptors (Lipinski definition) is 4. The van der Waals surface area contributed by atoms with E-state index in [2.05, 4.69) is 4.98 Å². The molecule has 1 aromatic heterocycles. The minimum atomic E-state index is -0.634. The molecule has 1 aliphatic heterocycles. The molecule has 0 aliphatic carbocycles. The first kappa shape index (κ1) is 15.4. The zero-order valence-corrected chi connectivity index (χ0v) is 13.0. The highest BCUT2D eigenvalue weighted by Gasteiger charge is 2.53. The molecule has 2 rings (SSSR count). The van der Waals surface area contributed by atoms with E-state index in [1.165, 1.54) is 6.07 Å². The van der Waals surface area contributed by atoms with Gasteiger partial charge in [-0.2, -0.15) is 4.39 Å². The van der Waals surface area contributed by atoms with Crippen molar-refractivity contribution in [2.75, 3.05) is 14.1 Å². The minimum Gasteiger partial charge on any atom is -0.398 e. The van der Waals surface area contributed by atoms with E-state index in [9.17, 15) is 4.39 Å². The fourth-order valence-corrected chi connectivity index (χ4v) is 2.11. The molecule has 0 spiro atoms. The van der Waals surface area contributed by atoms with Crippen LogP contribution in [-0.2, 0) is 15.9 Å². The molecule has 1 fully saturated rings.